The largest absolute Gasteiger partial charge is 0.481 e. The summed E-state index contributed by atoms with van der Waals surface area (Å²) in [4.78, 5) is 36.5. The summed E-state index contributed by atoms with van der Waals surface area (Å²) in [7, 11) is 0. The first-order chi connectivity index (χ1) is 15.4. The van der Waals surface area contributed by atoms with E-state index in [1.54, 1.807) is 48.5 Å². The van der Waals surface area contributed by atoms with Crippen molar-refractivity contribution in [2.24, 2.45) is 5.73 Å². The highest BCUT2D eigenvalue weighted by Gasteiger charge is 2.19. The molecule has 166 valence electrons. The second-order valence-corrected chi connectivity index (χ2v) is 7.14. The molecular weight excluding hydrogens is 415 g/mol. The molecule has 3 rings (SSSR count). The van der Waals surface area contributed by atoms with Crippen LogP contribution in [-0.2, 0) is 17.9 Å². The monoisotopic (exact) mass is 438 g/mol. The molecule has 2 aromatic carbocycles. The molecule has 8 nitrogen and oxygen atoms in total. The molecule has 1 unspecified atom stereocenters. The van der Waals surface area contributed by atoms with Gasteiger partial charge in [-0.1, -0.05) is 42.5 Å². The molecule has 0 aliphatic carbocycles. The minimum atomic E-state index is -1.09. The van der Waals surface area contributed by atoms with Crippen LogP contribution < -0.4 is 21.9 Å². The van der Waals surface area contributed by atoms with Gasteiger partial charge in [0.05, 0.1) is 19.0 Å². The van der Waals surface area contributed by atoms with E-state index in [-0.39, 0.29) is 18.7 Å². The van der Waals surface area contributed by atoms with E-state index in [0.29, 0.717) is 17.7 Å². The average Bonchev–Trinajstić information content (AvgIpc) is 2.77. The molecule has 3 aromatic rings. The smallest absolute Gasteiger partial charge is 0.319 e. The van der Waals surface area contributed by atoms with Crippen molar-refractivity contribution >= 4 is 17.7 Å². The van der Waals surface area contributed by atoms with E-state index in [4.69, 9.17) is 5.73 Å². The summed E-state index contributed by atoms with van der Waals surface area (Å²) < 4.78 is 15.2. The lowest BCUT2D eigenvalue weighted by Gasteiger charge is -2.18. The van der Waals surface area contributed by atoms with E-state index in [9.17, 15) is 23.9 Å². The summed E-state index contributed by atoms with van der Waals surface area (Å²) in [6, 6.07) is 14.4. The summed E-state index contributed by atoms with van der Waals surface area (Å²) in [5.74, 6) is -1.53. The molecule has 0 saturated heterocycles. The second-order valence-electron chi connectivity index (χ2n) is 7.14. The van der Waals surface area contributed by atoms with Crippen molar-refractivity contribution in [1.29, 1.82) is 0 Å². The third-order valence-corrected chi connectivity index (χ3v) is 4.87. The maximum absolute atomic E-state index is 13.9. The van der Waals surface area contributed by atoms with Crippen LogP contribution in [0.3, 0.4) is 0 Å². The third-order valence-electron chi connectivity index (χ3n) is 4.87. The van der Waals surface area contributed by atoms with Crippen LogP contribution in [0.15, 0.2) is 71.7 Å². The Morgan fingerprint density at radius 2 is 1.78 bits per heavy atom. The van der Waals surface area contributed by atoms with Gasteiger partial charge >= 0.3 is 12.0 Å². The van der Waals surface area contributed by atoms with E-state index in [1.807, 2.05) is 0 Å². The highest BCUT2D eigenvalue weighted by Crippen LogP contribution is 2.18. The van der Waals surface area contributed by atoms with E-state index < -0.39 is 29.4 Å². The topological polar surface area (TPSA) is 126 Å². The zero-order valence-corrected chi connectivity index (χ0v) is 17.1. The van der Waals surface area contributed by atoms with Gasteiger partial charge in [-0.05, 0) is 29.3 Å². The summed E-state index contributed by atoms with van der Waals surface area (Å²) in [6.45, 7) is 0.336. The number of pyridine rings is 1. The van der Waals surface area contributed by atoms with Gasteiger partial charge in [-0.3, -0.25) is 9.59 Å². The first kappa shape index (κ1) is 22.7. The Kier molecular flexibility index (Phi) is 7.35. The number of nitrogens with zero attached hydrogens (tertiary/aromatic N) is 1. The zero-order chi connectivity index (χ0) is 23.1. The normalized spacial score (nSPS) is 11.6. The van der Waals surface area contributed by atoms with Crippen LogP contribution in [0.5, 0.6) is 0 Å². The molecule has 5 N–H and O–H groups in total. The fraction of sp³-hybridized carbons (Fsp3) is 0.174. The summed E-state index contributed by atoms with van der Waals surface area (Å²) in [6.07, 6.45) is 1.14. The lowest BCUT2D eigenvalue weighted by molar-refractivity contribution is -0.137. The molecule has 0 spiro atoms. The second kappa shape index (κ2) is 10.4. The molecule has 0 aliphatic rings. The number of carbonyl (C=O) groups is 2. The predicted molar refractivity (Wildman–Crippen MR) is 118 cm³/mol. The molecule has 9 heteroatoms. The number of carboxylic acid groups (broad SMARTS) is 1. The van der Waals surface area contributed by atoms with Gasteiger partial charge < -0.3 is 26.0 Å². The molecule has 32 heavy (non-hydrogen) atoms. The zero-order valence-electron chi connectivity index (χ0n) is 17.1. The number of rotatable bonds is 8. The predicted octanol–water partition coefficient (Wildman–Crippen LogP) is 2.83. The minimum absolute atomic E-state index is 0.00221. The quantitative estimate of drug-likeness (QED) is 0.430. The molecule has 0 radical (unpaired) electrons. The van der Waals surface area contributed by atoms with Crippen molar-refractivity contribution in [1.82, 2.24) is 9.88 Å². The van der Waals surface area contributed by atoms with Crippen molar-refractivity contribution in [2.45, 2.75) is 25.6 Å². The lowest BCUT2D eigenvalue weighted by atomic mass is 10.0. The van der Waals surface area contributed by atoms with Crippen molar-refractivity contribution in [3.63, 3.8) is 0 Å². The number of anilines is 1. The van der Waals surface area contributed by atoms with E-state index >= 15 is 0 Å². The molecule has 0 fully saturated rings. The molecule has 1 heterocycles. The number of aromatic nitrogens is 1. The molecule has 1 atom stereocenters. The number of halogens is 1. The number of carbonyl (C=O) groups excluding carboxylic acids is 1. The summed E-state index contributed by atoms with van der Waals surface area (Å²) >= 11 is 0. The maximum atomic E-state index is 13.9. The van der Waals surface area contributed by atoms with E-state index in [0.717, 1.165) is 5.56 Å². The standard InChI is InChI=1S/C23H23FN4O4/c24-18-5-2-1-4-17(18)14-28-11-3-6-19(22(28)31)26-23(32)27-20(12-21(29)30)16-9-7-15(13-25)8-10-16/h1-11,20H,12-14,25H2,(H,29,30)(H2,26,27,32). The fourth-order valence-corrected chi connectivity index (χ4v) is 3.20. The van der Waals surface area contributed by atoms with Crippen molar-refractivity contribution in [3.05, 3.63) is 99.7 Å². The van der Waals surface area contributed by atoms with Crippen LogP contribution in [0.1, 0.15) is 29.2 Å². The number of nitrogens with two attached hydrogens (primary N) is 1. The number of benzene rings is 2. The van der Waals surface area contributed by atoms with Crippen molar-refractivity contribution < 1.29 is 19.1 Å². The van der Waals surface area contributed by atoms with Gasteiger partial charge in [-0.15, -0.1) is 0 Å². The van der Waals surface area contributed by atoms with Crippen LogP contribution in [0.2, 0.25) is 0 Å². The van der Waals surface area contributed by atoms with E-state index in [1.165, 1.54) is 22.9 Å². The number of carboxylic acids is 1. The molecule has 2 amide bonds. The van der Waals surface area contributed by atoms with Gasteiger partial charge in [0, 0.05) is 18.3 Å². The Hall–Kier alpha value is -3.98. The van der Waals surface area contributed by atoms with Crippen molar-refractivity contribution in [2.75, 3.05) is 5.32 Å². The third kappa shape index (κ3) is 5.79. The summed E-state index contributed by atoms with van der Waals surface area (Å²) in [5.41, 5.74) is 6.83. The highest BCUT2D eigenvalue weighted by molar-refractivity contribution is 5.89. The van der Waals surface area contributed by atoms with Crippen LogP contribution in [0.25, 0.3) is 0 Å². The molecule has 1 aromatic heterocycles. The number of amides is 2. The van der Waals surface area contributed by atoms with Crippen LogP contribution >= 0.6 is 0 Å². The Bertz CT molecular complexity index is 1160. The van der Waals surface area contributed by atoms with Crippen LogP contribution in [0, 0.1) is 5.82 Å². The molecule has 0 bridgehead atoms. The van der Waals surface area contributed by atoms with Gasteiger partial charge in [0.15, 0.2) is 0 Å². The lowest BCUT2D eigenvalue weighted by Crippen LogP contribution is -2.36. The van der Waals surface area contributed by atoms with Gasteiger partial charge in [0.25, 0.3) is 5.56 Å². The van der Waals surface area contributed by atoms with Gasteiger partial charge in [-0.2, -0.15) is 0 Å². The van der Waals surface area contributed by atoms with E-state index in [2.05, 4.69) is 10.6 Å². The average molecular weight is 438 g/mol. The number of aliphatic carboxylic acids is 1. The SMILES string of the molecule is NCc1ccc(C(CC(=O)O)NC(=O)Nc2cccn(Cc3ccccc3F)c2=O)cc1. The summed E-state index contributed by atoms with van der Waals surface area (Å²) in [5, 5.41) is 14.3. The number of hydrogen-bond donors (Lipinski definition) is 4. The Labute approximate surface area is 183 Å². The number of nitrogens with one attached hydrogen (secondary N) is 2. The molecular formula is C23H23FN4O4. The van der Waals surface area contributed by atoms with Crippen LogP contribution in [-0.4, -0.2) is 21.7 Å². The number of urea groups is 1. The van der Waals surface area contributed by atoms with Gasteiger partial charge in [-0.25, -0.2) is 9.18 Å². The van der Waals surface area contributed by atoms with Crippen molar-refractivity contribution in [3.8, 4) is 0 Å². The Morgan fingerprint density at radius 3 is 2.44 bits per heavy atom. The Morgan fingerprint density at radius 1 is 1.06 bits per heavy atom. The fourth-order valence-electron chi connectivity index (χ4n) is 3.20. The van der Waals surface area contributed by atoms with Crippen LogP contribution in [0.4, 0.5) is 14.9 Å². The maximum Gasteiger partial charge on any atom is 0.319 e. The first-order valence-corrected chi connectivity index (χ1v) is 9.88. The molecule has 0 aliphatic heterocycles. The number of hydrogen-bond acceptors (Lipinski definition) is 4. The Balaban J connectivity index is 1.75. The molecule has 0 saturated carbocycles. The van der Waals surface area contributed by atoms with Gasteiger partial charge in [0.2, 0.25) is 0 Å². The highest BCUT2D eigenvalue weighted by atomic mass is 19.1. The minimum Gasteiger partial charge on any atom is -0.481 e. The van der Waals surface area contributed by atoms with Gasteiger partial charge in [0.1, 0.15) is 11.5 Å². The first-order valence-electron chi connectivity index (χ1n) is 9.88.